The lowest BCUT2D eigenvalue weighted by molar-refractivity contribution is -0.134. The largest absolute Gasteiger partial charge is 0.340 e. The third-order valence-electron chi connectivity index (χ3n) is 4.99. The van der Waals surface area contributed by atoms with Crippen molar-refractivity contribution in [1.29, 1.82) is 0 Å². The van der Waals surface area contributed by atoms with Gasteiger partial charge in [0, 0.05) is 26.2 Å². The Balaban J connectivity index is 1.72. The van der Waals surface area contributed by atoms with Gasteiger partial charge < -0.3 is 4.90 Å². The molecule has 1 aliphatic rings. The second-order valence-electron chi connectivity index (χ2n) is 6.65. The molecule has 0 aliphatic carbocycles. The van der Waals surface area contributed by atoms with E-state index in [1.807, 2.05) is 37.3 Å². The van der Waals surface area contributed by atoms with Crippen molar-refractivity contribution in [2.45, 2.75) is 24.2 Å². The summed E-state index contributed by atoms with van der Waals surface area (Å²) in [6.45, 7) is 3.13. The number of hydrogen-bond donors (Lipinski definition) is 0. The second kappa shape index (κ2) is 8.82. The van der Waals surface area contributed by atoms with E-state index in [1.54, 1.807) is 17.0 Å². The van der Waals surface area contributed by atoms with Crippen molar-refractivity contribution < 1.29 is 13.2 Å². The molecule has 2 aromatic rings. The van der Waals surface area contributed by atoms with Gasteiger partial charge in [0.15, 0.2) is 0 Å². The van der Waals surface area contributed by atoms with E-state index < -0.39 is 10.0 Å². The van der Waals surface area contributed by atoms with E-state index in [-0.39, 0.29) is 39.9 Å². The van der Waals surface area contributed by atoms with Crippen molar-refractivity contribution in [1.82, 2.24) is 9.21 Å². The van der Waals surface area contributed by atoms with Crippen molar-refractivity contribution in [3.8, 4) is 0 Å². The first-order valence-electron chi connectivity index (χ1n) is 9.14. The van der Waals surface area contributed by atoms with Gasteiger partial charge in [-0.2, -0.15) is 4.31 Å². The lowest BCUT2D eigenvalue weighted by atomic mass is 9.95. The summed E-state index contributed by atoms with van der Waals surface area (Å²) in [6.07, 6.45) is 0.694. The molecule has 28 heavy (non-hydrogen) atoms. The minimum atomic E-state index is -3.76. The zero-order chi connectivity index (χ0) is 20.3. The van der Waals surface area contributed by atoms with Gasteiger partial charge in [0.25, 0.3) is 0 Å². The average Bonchev–Trinajstić information content (AvgIpc) is 2.71. The Morgan fingerprint density at radius 2 is 1.64 bits per heavy atom. The highest BCUT2D eigenvalue weighted by Gasteiger charge is 2.33. The molecule has 0 N–H and O–H groups in total. The van der Waals surface area contributed by atoms with Gasteiger partial charge in [-0.05, 0) is 24.1 Å². The van der Waals surface area contributed by atoms with E-state index in [0.717, 1.165) is 5.56 Å². The van der Waals surface area contributed by atoms with Crippen molar-refractivity contribution in [3.63, 3.8) is 0 Å². The van der Waals surface area contributed by atoms with Crippen LogP contribution in [0.3, 0.4) is 0 Å². The van der Waals surface area contributed by atoms with E-state index in [9.17, 15) is 13.2 Å². The first-order chi connectivity index (χ1) is 13.4. The van der Waals surface area contributed by atoms with E-state index in [0.29, 0.717) is 19.5 Å². The molecule has 0 bridgehead atoms. The number of carbonyl (C=O) groups is 1. The fourth-order valence-electron chi connectivity index (χ4n) is 3.43. The predicted octanol–water partition coefficient (Wildman–Crippen LogP) is 4.02. The number of hydrogen-bond acceptors (Lipinski definition) is 3. The van der Waals surface area contributed by atoms with Crippen molar-refractivity contribution >= 4 is 39.1 Å². The van der Waals surface area contributed by atoms with Crippen molar-refractivity contribution in [2.75, 3.05) is 26.2 Å². The van der Waals surface area contributed by atoms with Crippen LogP contribution in [0.4, 0.5) is 0 Å². The van der Waals surface area contributed by atoms with Gasteiger partial charge in [0.1, 0.15) is 4.90 Å². The molecule has 1 aliphatic heterocycles. The molecular weight excluding hydrogens is 419 g/mol. The molecular formula is C20H22Cl2N2O3S. The van der Waals surface area contributed by atoms with Crippen LogP contribution in [-0.4, -0.2) is 49.7 Å². The number of sulfonamides is 1. The standard InChI is InChI=1S/C20H22Cl2N2O3S/c1-2-16(15-7-4-3-5-8-15)20(25)23-11-13-24(14-12-23)28(26,27)18-10-6-9-17(21)19(18)22/h3-10,16H,2,11-14H2,1H3. The Labute approximate surface area is 175 Å². The molecule has 1 atom stereocenters. The van der Waals surface area contributed by atoms with Crippen LogP contribution in [-0.2, 0) is 14.8 Å². The highest BCUT2D eigenvalue weighted by atomic mass is 35.5. The zero-order valence-electron chi connectivity index (χ0n) is 15.5. The summed E-state index contributed by atoms with van der Waals surface area (Å²) in [5, 5.41) is 0.225. The molecule has 5 nitrogen and oxygen atoms in total. The van der Waals surface area contributed by atoms with Crippen LogP contribution in [0.5, 0.6) is 0 Å². The number of carbonyl (C=O) groups excluding carboxylic acids is 1. The van der Waals surface area contributed by atoms with Gasteiger partial charge in [-0.25, -0.2) is 8.42 Å². The average molecular weight is 441 g/mol. The smallest absolute Gasteiger partial charge is 0.244 e. The molecule has 1 fully saturated rings. The lowest BCUT2D eigenvalue weighted by Gasteiger charge is -2.36. The lowest BCUT2D eigenvalue weighted by Crippen LogP contribution is -2.51. The Morgan fingerprint density at radius 3 is 2.25 bits per heavy atom. The van der Waals surface area contributed by atoms with Crippen LogP contribution in [0.15, 0.2) is 53.4 Å². The Kier molecular flexibility index (Phi) is 6.65. The molecule has 0 aromatic heterocycles. The molecule has 8 heteroatoms. The normalized spacial score (nSPS) is 16.8. The highest BCUT2D eigenvalue weighted by molar-refractivity contribution is 7.89. The summed E-state index contributed by atoms with van der Waals surface area (Å²) >= 11 is 12.1. The van der Waals surface area contributed by atoms with E-state index in [4.69, 9.17) is 23.2 Å². The van der Waals surface area contributed by atoms with Gasteiger partial charge in [0.2, 0.25) is 15.9 Å². The quantitative estimate of drug-likeness (QED) is 0.705. The van der Waals surface area contributed by atoms with Gasteiger partial charge in [-0.1, -0.05) is 66.5 Å². The fraction of sp³-hybridized carbons (Fsp3) is 0.350. The molecule has 150 valence electrons. The maximum Gasteiger partial charge on any atom is 0.244 e. The summed E-state index contributed by atoms with van der Waals surface area (Å²) in [7, 11) is -3.76. The Morgan fingerprint density at radius 1 is 1.00 bits per heavy atom. The minimum absolute atomic E-state index is 0.00263. The first-order valence-corrected chi connectivity index (χ1v) is 11.3. The molecule has 0 spiro atoms. The SMILES string of the molecule is CCC(C(=O)N1CCN(S(=O)(=O)c2cccc(Cl)c2Cl)CC1)c1ccccc1. The monoisotopic (exact) mass is 440 g/mol. The molecule has 1 saturated heterocycles. The van der Waals surface area contributed by atoms with E-state index in [2.05, 4.69) is 0 Å². The number of halogens is 2. The van der Waals surface area contributed by atoms with Gasteiger partial charge >= 0.3 is 0 Å². The number of amides is 1. The predicted molar refractivity (Wildman–Crippen MR) is 111 cm³/mol. The van der Waals surface area contributed by atoms with Gasteiger partial charge in [-0.3, -0.25) is 4.79 Å². The van der Waals surface area contributed by atoms with Crippen LogP contribution in [0.2, 0.25) is 10.0 Å². The van der Waals surface area contributed by atoms with E-state index >= 15 is 0 Å². The third kappa shape index (κ3) is 4.20. The van der Waals surface area contributed by atoms with Crippen LogP contribution in [0, 0.1) is 0 Å². The Bertz CT molecular complexity index is 943. The first kappa shape index (κ1) is 21.1. The van der Waals surface area contributed by atoms with Crippen molar-refractivity contribution in [2.24, 2.45) is 0 Å². The topological polar surface area (TPSA) is 57.7 Å². The molecule has 2 aromatic carbocycles. The highest BCUT2D eigenvalue weighted by Crippen LogP contribution is 2.31. The number of rotatable bonds is 5. The molecule has 3 rings (SSSR count). The Hall–Kier alpha value is -1.60. The van der Waals surface area contributed by atoms with Crippen LogP contribution < -0.4 is 0 Å². The summed E-state index contributed by atoms with van der Waals surface area (Å²) in [6, 6.07) is 14.2. The van der Waals surface area contributed by atoms with Crippen molar-refractivity contribution in [3.05, 3.63) is 64.1 Å². The fourth-order valence-corrected chi connectivity index (χ4v) is 5.59. The number of nitrogens with zero attached hydrogens (tertiary/aromatic N) is 2. The molecule has 1 amide bonds. The van der Waals surface area contributed by atoms with Gasteiger partial charge in [-0.15, -0.1) is 0 Å². The summed E-state index contributed by atoms with van der Waals surface area (Å²) < 4.78 is 27.2. The zero-order valence-corrected chi connectivity index (χ0v) is 17.8. The third-order valence-corrected chi connectivity index (χ3v) is 7.86. The van der Waals surface area contributed by atoms with Crippen LogP contribution in [0.25, 0.3) is 0 Å². The minimum Gasteiger partial charge on any atom is -0.340 e. The van der Waals surface area contributed by atoms with Crippen LogP contribution in [0.1, 0.15) is 24.8 Å². The van der Waals surface area contributed by atoms with Crippen LogP contribution >= 0.6 is 23.2 Å². The maximum atomic E-state index is 13.0. The molecule has 1 unspecified atom stereocenters. The molecule has 0 saturated carbocycles. The molecule has 0 radical (unpaired) electrons. The number of benzene rings is 2. The summed E-state index contributed by atoms with van der Waals surface area (Å²) in [5.41, 5.74) is 0.982. The molecule has 1 heterocycles. The maximum absolute atomic E-state index is 13.0. The second-order valence-corrected chi connectivity index (χ2v) is 9.34. The van der Waals surface area contributed by atoms with E-state index in [1.165, 1.54) is 10.4 Å². The summed E-state index contributed by atoms with van der Waals surface area (Å²) in [5.74, 6) is -0.182. The van der Waals surface area contributed by atoms with Gasteiger partial charge in [0.05, 0.1) is 16.0 Å². The number of piperazine rings is 1. The summed E-state index contributed by atoms with van der Waals surface area (Å²) in [4.78, 5) is 14.7.